The molecular weight excluding hydrogens is 448 g/mol. The number of hydrogen-bond acceptors (Lipinski definition) is 8. The van der Waals surface area contributed by atoms with Crippen molar-refractivity contribution in [2.24, 2.45) is 0 Å². The maximum atomic E-state index is 12.4. The zero-order chi connectivity index (χ0) is 23.8. The van der Waals surface area contributed by atoms with Crippen LogP contribution in [0.3, 0.4) is 0 Å². The molecule has 1 heterocycles. The molecule has 3 aromatic rings. The minimum absolute atomic E-state index is 0.000849. The lowest BCUT2D eigenvalue weighted by Gasteiger charge is -2.12. The fourth-order valence-electron chi connectivity index (χ4n) is 2.80. The third kappa shape index (κ3) is 5.98. The quantitative estimate of drug-likeness (QED) is 0.457. The maximum absolute atomic E-state index is 12.4. The van der Waals surface area contributed by atoms with Gasteiger partial charge in [0.2, 0.25) is 17.6 Å². The van der Waals surface area contributed by atoms with Crippen LogP contribution in [0.25, 0.3) is 6.08 Å². The first-order valence-corrected chi connectivity index (χ1v) is 11.0. The SMILES string of the molecule is COc1cc(C=CC(=O)Nc2ccc(S(=O)(=O)Nc3ncccn3)cc2)cc(OC)c1OC. The fourth-order valence-corrected chi connectivity index (χ4v) is 3.76. The molecule has 0 bridgehead atoms. The van der Waals surface area contributed by atoms with Crippen molar-refractivity contribution in [1.82, 2.24) is 9.97 Å². The summed E-state index contributed by atoms with van der Waals surface area (Å²) >= 11 is 0. The number of benzene rings is 2. The van der Waals surface area contributed by atoms with Gasteiger partial charge in [-0.2, -0.15) is 0 Å². The van der Waals surface area contributed by atoms with E-state index in [1.54, 1.807) is 24.3 Å². The second kappa shape index (κ2) is 10.5. The Morgan fingerprint density at radius 3 is 2.09 bits per heavy atom. The smallest absolute Gasteiger partial charge is 0.264 e. The summed E-state index contributed by atoms with van der Waals surface area (Å²) in [6.45, 7) is 0. The van der Waals surface area contributed by atoms with Gasteiger partial charge in [-0.25, -0.2) is 23.1 Å². The molecule has 0 aliphatic rings. The maximum Gasteiger partial charge on any atom is 0.264 e. The van der Waals surface area contributed by atoms with Crippen molar-refractivity contribution >= 4 is 33.6 Å². The monoisotopic (exact) mass is 470 g/mol. The molecule has 10 nitrogen and oxygen atoms in total. The molecule has 0 aliphatic carbocycles. The number of rotatable bonds is 9. The Morgan fingerprint density at radius 1 is 0.939 bits per heavy atom. The molecule has 11 heteroatoms. The number of anilines is 2. The van der Waals surface area contributed by atoms with Crippen molar-refractivity contribution in [3.63, 3.8) is 0 Å². The second-order valence-electron chi connectivity index (χ2n) is 6.48. The summed E-state index contributed by atoms with van der Waals surface area (Å²) in [4.78, 5) is 20.0. The molecule has 172 valence electrons. The Kier molecular flexibility index (Phi) is 7.46. The number of carbonyl (C=O) groups excluding carboxylic acids is 1. The molecule has 0 fully saturated rings. The molecule has 0 atom stereocenters. The highest BCUT2D eigenvalue weighted by Crippen LogP contribution is 2.38. The van der Waals surface area contributed by atoms with Gasteiger partial charge in [-0.3, -0.25) is 4.79 Å². The number of ether oxygens (including phenoxy) is 3. The van der Waals surface area contributed by atoms with E-state index in [2.05, 4.69) is 20.0 Å². The Balaban J connectivity index is 1.68. The summed E-state index contributed by atoms with van der Waals surface area (Å²) in [7, 11) is 0.653. The highest BCUT2D eigenvalue weighted by Gasteiger charge is 2.15. The first-order valence-electron chi connectivity index (χ1n) is 9.55. The Bertz CT molecular complexity index is 1220. The van der Waals surface area contributed by atoms with Crippen LogP contribution in [-0.2, 0) is 14.8 Å². The predicted molar refractivity (Wildman–Crippen MR) is 123 cm³/mol. The van der Waals surface area contributed by atoms with Gasteiger partial charge in [-0.05, 0) is 54.1 Å². The average Bonchev–Trinajstić information content (AvgIpc) is 2.82. The van der Waals surface area contributed by atoms with Crippen LogP contribution in [0.15, 0.2) is 65.8 Å². The minimum atomic E-state index is -3.86. The van der Waals surface area contributed by atoms with E-state index in [0.717, 1.165) is 0 Å². The number of aromatic nitrogens is 2. The van der Waals surface area contributed by atoms with E-state index < -0.39 is 15.9 Å². The summed E-state index contributed by atoms with van der Waals surface area (Å²) in [6.07, 6.45) is 5.77. The molecular formula is C22H22N4O6S. The summed E-state index contributed by atoms with van der Waals surface area (Å²) in [5.74, 6) is 0.929. The van der Waals surface area contributed by atoms with E-state index in [0.29, 0.717) is 28.5 Å². The standard InChI is InChI=1S/C22H22N4O6S/c1-30-18-13-15(14-19(31-2)21(18)32-3)5-10-20(27)25-16-6-8-17(9-7-16)33(28,29)26-22-23-11-4-12-24-22/h4-14H,1-3H3,(H,25,27)(H,23,24,26). The number of methoxy groups -OCH3 is 3. The number of nitrogens with zero attached hydrogens (tertiary/aromatic N) is 2. The van der Waals surface area contributed by atoms with Crippen molar-refractivity contribution < 1.29 is 27.4 Å². The van der Waals surface area contributed by atoms with Crippen LogP contribution >= 0.6 is 0 Å². The van der Waals surface area contributed by atoms with E-state index in [4.69, 9.17) is 14.2 Å². The van der Waals surface area contributed by atoms with Crippen LogP contribution in [-0.4, -0.2) is 45.6 Å². The van der Waals surface area contributed by atoms with E-state index in [-0.39, 0.29) is 10.8 Å². The Hall–Kier alpha value is -4.12. The number of hydrogen-bond donors (Lipinski definition) is 2. The molecule has 0 spiro atoms. The molecule has 0 aliphatic heterocycles. The summed E-state index contributed by atoms with van der Waals surface area (Å²) in [6, 6.07) is 10.7. The topological polar surface area (TPSA) is 129 Å². The molecule has 0 saturated heterocycles. The van der Waals surface area contributed by atoms with E-state index in [1.807, 2.05) is 0 Å². The van der Waals surface area contributed by atoms with Crippen LogP contribution in [0.4, 0.5) is 11.6 Å². The van der Waals surface area contributed by atoms with Gasteiger partial charge in [0.15, 0.2) is 11.5 Å². The first-order chi connectivity index (χ1) is 15.9. The lowest BCUT2D eigenvalue weighted by molar-refractivity contribution is -0.111. The summed E-state index contributed by atoms with van der Waals surface area (Å²) < 4.78 is 43.0. The van der Waals surface area contributed by atoms with Crippen LogP contribution in [0.1, 0.15) is 5.56 Å². The summed E-state index contributed by atoms with van der Waals surface area (Å²) in [5, 5.41) is 2.67. The number of carbonyl (C=O) groups is 1. The fraction of sp³-hybridized carbons (Fsp3) is 0.136. The molecule has 0 unspecified atom stereocenters. The zero-order valence-electron chi connectivity index (χ0n) is 18.1. The highest BCUT2D eigenvalue weighted by atomic mass is 32.2. The molecule has 1 aromatic heterocycles. The zero-order valence-corrected chi connectivity index (χ0v) is 18.9. The second-order valence-corrected chi connectivity index (χ2v) is 8.17. The largest absolute Gasteiger partial charge is 0.493 e. The predicted octanol–water partition coefficient (Wildman–Crippen LogP) is 2.96. The van der Waals surface area contributed by atoms with Gasteiger partial charge in [-0.15, -0.1) is 0 Å². The van der Waals surface area contributed by atoms with Crippen molar-refractivity contribution in [3.8, 4) is 17.2 Å². The number of amides is 1. The van der Waals surface area contributed by atoms with Crippen molar-refractivity contribution in [1.29, 1.82) is 0 Å². The molecule has 33 heavy (non-hydrogen) atoms. The molecule has 2 aromatic carbocycles. The van der Waals surface area contributed by atoms with Crippen molar-refractivity contribution in [2.75, 3.05) is 31.4 Å². The third-order valence-electron chi connectivity index (χ3n) is 4.34. The lowest BCUT2D eigenvalue weighted by Crippen LogP contribution is -2.15. The van der Waals surface area contributed by atoms with Crippen molar-refractivity contribution in [3.05, 3.63) is 66.5 Å². The number of nitrogens with one attached hydrogen (secondary N) is 2. The molecule has 3 rings (SSSR count). The summed E-state index contributed by atoms with van der Waals surface area (Å²) in [5.41, 5.74) is 1.08. The Morgan fingerprint density at radius 2 is 1.55 bits per heavy atom. The molecule has 0 saturated carbocycles. The first kappa shape index (κ1) is 23.5. The van der Waals surface area contributed by atoms with Gasteiger partial charge in [0.25, 0.3) is 10.0 Å². The van der Waals surface area contributed by atoms with Crippen LogP contribution < -0.4 is 24.2 Å². The normalized spacial score (nSPS) is 11.1. The van der Waals surface area contributed by atoms with Crippen molar-refractivity contribution in [2.45, 2.75) is 4.90 Å². The molecule has 0 radical (unpaired) electrons. The van der Waals surface area contributed by atoms with E-state index >= 15 is 0 Å². The van der Waals surface area contributed by atoms with Gasteiger partial charge in [0.05, 0.1) is 26.2 Å². The molecule has 2 N–H and O–H groups in total. The van der Waals surface area contributed by atoms with Gasteiger partial charge in [-0.1, -0.05) is 0 Å². The average molecular weight is 471 g/mol. The van der Waals surface area contributed by atoms with E-state index in [9.17, 15) is 13.2 Å². The minimum Gasteiger partial charge on any atom is -0.493 e. The highest BCUT2D eigenvalue weighted by molar-refractivity contribution is 7.92. The third-order valence-corrected chi connectivity index (χ3v) is 5.68. The lowest BCUT2D eigenvalue weighted by atomic mass is 10.1. The van der Waals surface area contributed by atoms with E-state index in [1.165, 1.54) is 64.1 Å². The van der Waals surface area contributed by atoms with Gasteiger partial charge in [0, 0.05) is 24.2 Å². The number of sulfonamides is 1. The van der Waals surface area contributed by atoms with Gasteiger partial charge in [0.1, 0.15) is 0 Å². The van der Waals surface area contributed by atoms with Gasteiger partial charge >= 0.3 is 0 Å². The Labute approximate surface area is 191 Å². The van der Waals surface area contributed by atoms with Crippen LogP contribution in [0, 0.1) is 0 Å². The van der Waals surface area contributed by atoms with Gasteiger partial charge < -0.3 is 19.5 Å². The van der Waals surface area contributed by atoms with Crippen LogP contribution in [0.2, 0.25) is 0 Å². The molecule has 1 amide bonds. The van der Waals surface area contributed by atoms with Crippen LogP contribution in [0.5, 0.6) is 17.2 Å².